The molecule has 0 bridgehead atoms. The van der Waals surface area contributed by atoms with Crippen molar-refractivity contribution in [2.75, 3.05) is 25.4 Å². The van der Waals surface area contributed by atoms with E-state index < -0.39 is 0 Å². The van der Waals surface area contributed by atoms with Crippen molar-refractivity contribution in [3.05, 3.63) is 30.3 Å². The van der Waals surface area contributed by atoms with Crippen molar-refractivity contribution in [2.45, 2.75) is 31.6 Å². The molecule has 1 aliphatic heterocycles. The summed E-state index contributed by atoms with van der Waals surface area (Å²) in [6.07, 6.45) is 2.10. The van der Waals surface area contributed by atoms with Gasteiger partial charge in [0, 0.05) is 30.4 Å². The maximum absolute atomic E-state index is 12.4. The molecule has 1 heterocycles. The summed E-state index contributed by atoms with van der Waals surface area (Å²) in [5.41, 5.74) is 0. The molecule has 0 aliphatic carbocycles. The van der Waals surface area contributed by atoms with Crippen molar-refractivity contribution in [3.63, 3.8) is 0 Å². The lowest BCUT2D eigenvalue weighted by molar-refractivity contribution is -0.130. The highest BCUT2D eigenvalue weighted by Crippen LogP contribution is 2.20. The van der Waals surface area contributed by atoms with Crippen LogP contribution in [-0.4, -0.2) is 42.1 Å². The van der Waals surface area contributed by atoms with Gasteiger partial charge in [0.05, 0.1) is 5.75 Å². The molecule has 23 heavy (non-hydrogen) atoms. The molecule has 1 unspecified atom stereocenters. The molecule has 2 rings (SSSR count). The van der Waals surface area contributed by atoms with E-state index in [-0.39, 0.29) is 17.7 Å². The molecule has 126 valence electrons. The molecule has 0 spiro atoms. The summed E-state index contributed by atoms with van der Waals surface area (Å²) in [6.45, 7) is 6.06. The van der Waals surface area contributed by atoms with Crippen molar-refractivity contribution in [3.8, 4) is 0 Å². The number of carbonyl (C=O) groups excluding carboxylic acids is 2. The first kappa shape index (κ1) is 17.9. The van der Waals surface area contributed by atoms with Crippen LogP contribution in [0.15, 0.2) is 35.2 Å². The van der Waals surface area contributed by atoms with Gasteiger partial charge in [0.15, 0.2) is 0 Å². The van der Waals surface area contributed by atoms with Gasteiger partial charge in [-0.2, -0.15) is 0 Å². The second-order valence-electron chi connectivity index (χ2n) is 6.35. The molecular weight excluding hydrogens is 308 g/mol. The zero-order valence-corrected chi connectivity index (χ0v) is 14.8. The van der Waals surface area contributed by atoms with E-state index in [4.69, 9.17) is 0 Å². The third-order valence-corrected chi connectivity index (χ3v) is 5.06. The summed E-state index contributed by atoms with van der Waals surface area (Å²) in [7, 11) is 0. The number of nitrogens with one attached hydrogen (secondary N) is 1. The summed E-state index contributed by atoms with van der Waals surface area (Å²) < 4.78 is 0. The number of hydrogen-bond acceptors (Lipinski definition) is 3. The Morgan fingerprint density at radius 3 is 2.74 bits per heavy atom. The maximum atomic E-state index is 12.4. The van der Waals surface area contributed by atoms with Gasteiger partial charge in [-0.05, 0) is 30.9 Å². The fourth-order valence-corrected chi connectivity index (χ4v) is 3.48. The Kier molecular flexibility index (Phi) is 6.96. The SMILES string of the molecule is CC(C)C(=O)NCC1CCCN(C(=O)CSc2ccccc2)C1. The van der Waals surface area contributed by atoms with E-state index >= 15 is 0 Å². The molecular formula is C18H26N2O2S. The van der Waals surface area contributed by atoms with Gasteiger partial charge in [-0.3, -0.25) is 9.59 Å². The first-order valence-electron chi connectivity index (χ1n) is 8.29. The number of thioether (sulfide) groups is 1. The smallest absolute Gasteiger partial charge is 0.232 e. The Balaban J connectivity index is 1.76. The highest BCUT2D eigenvalue weighted by molar-refractivity contribution is 8.00. The zero-order chi connectivity index (χ0) is 16.7. The first-order valence-corrected chi connectivity index (χ1v) is 9.28. The van der Waals surface area contributed by atoms with Crippen molar-refractivity contribution in [1.29, 1.82) is 0 Å². The highest BCUT2D eigenvalue weighted by atomic mass is 32.2. The van der Waals surface area contributed by atoms with Crippen LogP contribution in [0, 0.1) is 11.8 Å². The highest BCUT2D eigenvalue weighted by Gasteiger charge is 2.24. The molecule has 1 aromatic carbocycles. The summed E-state index contributed by atoms with van der Waals surface area (Å²) in [5, 5.41) is 2.99. The Labute approximate surface area is 143 Å². The van der Waals surface area contributed by atoms with Crippen LogP contribution in [0.25, 0.3) is 0 Å². The molecule has 1 aromatic rings. The average Bonchev–Trinajstić information content (AvgIpc) is 2.58. The molecule has 1 aliphatic rings. The maximum Gasteiger partial charge on any atom is 0.232 e. The Morgan fingerprint density at radius 1 is 1.30 bits per heavy atom. The van der Waals surface area contributed by atoms with E-state index in [2.05, 4.69) is 5.32 Å². The van der Waals surface area contributed by atoms with Crippen molar-refractivity contribution in [1.82, 2.24) is 10.2 Å². The third kappa shape index (κ3) is 5.90. The lowest BCUT2D eigenvalue weighted by atomic mass is 9.97. The minimum Gasteiger partial charge on any atom is -0.356 e. The zero-order valence-electron chi connectivity index (χ0n) is 14.0. The molecule has 0 saturated carbocycles. The fourth-order valence-electron chi connectivity index (χ4n) is 2.66. The fraction of sp³-hybridized carbons (Fsp3) is 0.556. The first-order chi connectivity index (χ1) is 11.1. The van der Waals surface area contributed by atoms with Crippen LogP contribution in [0.1, 0.15) is 26.7 Å². The average molecular weight is 334 g/mol. The number of likely N-dealkylation sites (tertiary alicyclic amines) is 1. The van der Waals surface area contributed by atoms with Crippen LogP contribution in [0.3, 0.4) is 0 Å². The molecule has 1 saturated heterocycles. The molecule has 1 atom stereocenters. The predicted octanol–water partition coefficient (Wildman–Crippen LogP) is 2.79. The Bertz CT molecular complexity index is 519. The van der Waals surface area contributed by atoms with Gasteiger partial charge in [-0.25, -0.2) is 0 Å². The van der Waals surface area contributed by atoms with Crippen LogP contribution in [0.2, 0.25) is 0 Å². The standard InChI is InChI=1S/C18H26N2O2S/c1-14(2)18(22)19-11-15-7-6-10-20(12-15)17(21)13-23-16-8-4-3-5-9-16/h3-5,8-9,14-15H,6-7,10-13H2,1-2H3,(H,19,22). The van der Waals surface area contributed by atoms with Crippen LogP contribution in [0.4, 0.5) is 0 Å². The summed E-state index contributed by atoms with van der Waals surface area (Å²) in [4.78, 5) is 27.1. The number of rotatable bonds is 6. The molecule has 5 heteroatoms. The van der Waals surface area contributed by atoms with Crippen LogP contribution in [-0.2, 0) is 9.59 Å². The monoisotopic (exact) mass is 334 g/mol. The van der Waals surface area contributed by atoms with Gasteiger partial charge in [0.25, 0.3) is 0 Å². The van der Waals surface area contributed by atoms with E-state index in [0.29, 0.717) is 18.2 Å². The number of piperidine rings is 1. The molecule has 4 nitrogen and oxygen atoms in total. The number of carbonyl (C=O) groups is 2. The Hall–Kier alpha value is -1.49. The minimum absolute atomic E-state index is 0.0126. The molecule has 0 radical (unpaired) electrons. The van der Waals surface area contributed by atoms with E-state index in [1.54, 1.807) is 11.8 Å². The second-order valence-corrected chi connectivity index (χ2v) is 7.40. The van der Waals surface area contributed by atoms with E-state index in [0.717, 1.165) is 30.8 Å². The summed E-state index contributed by atoms with van der Waals surface area (Å²) in [5.74, 6) is 1.15. The normalized spacial score (nSPS) is 18.0. The third-order valence-electron chi connectivity index (χ3n) is 4.07. The van der Waals surface area contributed by atoms with Gasteiger partial charge in [0.1, 0.15) is 0 Å². The van der Waals surface area contributed by atoms with Gasteiger partial charge in [-0.1, -0.05) is 32.0 Å². The summed E-state index contributed by atoms with van der Waals surface area (Å²) >= 11 is 1.58. The van der Waals surface area contributed by atoms with E-state index in [1.807, 2.05) is 49.1 Å². The minimum atomic E-state index is 0.0126. The second kappa shape index (κ2) is 8.96. The van der Waals surface area contributed by atoms with Crippen LogP contribution < -0.4 is 5.32 Å². The van der Waals surface area contributed by atoms with Crippen LogP contribution >= 0.6 is 11.8 Å². The number of hydrogen-bond donors (Lipinski definition) is 1. The predicted molar refractivity (Wildman–Crippen MR) is 94.3 cm³/mol. The number of amides is 2. The topological polar surface area (TPSA) is 49.4 Å². The van der Waals surface area contributed by atoms with Gasteiger partial charge >= 0.3 is 0 Å². The lowest BCUT2D eigenvalue weighted by Gasteiger charge is -2.33. The summed E-state index contributed by atoms with van der Waals surface area (Å²) in [6, 6.07) is 10.0. The van der Waals surface area contributed by atoms with Crippen LogP contribution in [0.5, 0.6) is 0 Å². The lowest BCUT2D eigenvalue weighted by Crippen LogP contribution is -2.44. The van der Waals surface area contributed by atoms with Gasteiger partial charge < -0.3 is 10.2 Å². The molecule has 0 aromatic heterocycles. The molecule has 2 amide bonds. The number of nitrogens with zero attached hydrogens (tertiary/aromatic N) is 1. The number of benzene rings is 1. The molecule has 1 N–H and O–H groups in total. The van der Waals surface area contributed by atoms with Crippen molar-refractivity contribution in [2.24, 2.45) is 11.8 Å². The largest absolute Gasteiger partial charge is 0.356 e. The van der Waals surface area contributed by atoms with Gasteiger partial charge in [0.2, 0.25) is 11.8 Å². The Morgan fingerprint density at radius 2 is 2.04 bits per heavy atom. The van der Waals surface area contributed by atoms with Crippen molar-refractivity contribution >= 4 is 23.6 Å². The molecule has 1 fully saturated rings. The van der Waals surface area contributed by atoms with E-state index in [9.17, 15) is 9.59 Å². The van der Waals surface area contributed by atoms with Gasteiger partial charge in [-0.15, -0.1) is 11.8 Å². The quantitative estimate of drug-likeness (QED) is 0.814. The van der Waals surface area contributed by atoms with E-state index in [1.165, 1.54) is 0 Å². The van der Waals surface area contributed by atoms with Crippen molar-refractivity contribution < 1.29 is 9.59 Å².